The van der Waals surface area contributed by atoms with Gasteiger partial charge in [0, 0.05) is 34.9 Å². The summed E-state index contributed by atoms with van der Waals surface area (Å²) in [6.07, 6.45) is 2.08. The molecule has 1 N–H and O–H groups in total. The quantitative estimate of drug-likeness (QED) is 0.198. The third-order valence-corrected chi connectivity index (χ3v) is 10.5. The number of anilines is 1. The highest BCUT2D eigenvalue weighted by atomic mass is 16.3. The lowest BCUT2D eigenvalue weighted by Gasteiger charge is -2.34. The van der Waals surface area contributed by atoms with Crippen molar-refractivity contribution >= 4 is 38.8 Å². The summed E-state index contributed by atoms with van der Waals surface area (Å²) in [6, 6.07) is 60.1. The molecule has 4 nitrogen and oxygen atoms in total. The molecule has 10 rings (SSSR count). The largest absolute Gasteiger partial charge is 0.458 e. The van der Waals surface area contributed by atoms with E-state index in [1.54, 1.807) is 0 Å². The van der Waals surface area contributed by atoms with Crippen LogP contribution in [0.4, 0.5) is 5.69 Å². The summed E-state index contributed by atoms with van der Waals surface area (Å²) >= 11 is 0. The van der Waals surface area contributed by atoms with Gasteiger partial charge in [0.05, 0.1) is 5.71 Å². The molecule has 248 valence electrons. The Morgan fingerprint density at radius 2 is 1.29 bits per heavy atom. The molecule has 0 fully saturated rings. The first-order chi connectivity index (χ1) is 25.7. The zero-order chi connectivity index (χ0) is 34.6. The van der Waals surface area contributed by atoms with Crippen LogP contribution in [0.15, 0.2) is 185 Å². The minimum Gasteiger partial charge on any atom is -0.458 e. The van der Waals surface area contributed by atoms with Gasteiger partial charge in [-0.25, -0.2) is 0 Å². The smallest absolute Gasteiger partial charge is 0.147 e. The lowest BCUT2D eigenvalue weighted by Crippen LogP contribution is -2.27. The minimum atomic E-state index is -0.160. The highest BCUT2D eigenvalue weighted by Crippen LogP contribution is 2.51. The molecule has 0 amide bonds. The molecule has 2 aliphatic heterocycles. The van der Waals surface area contributed by atoms with Crippen molar-refractivity contribution in [3.8, 4) is 22.3 Å². The molecule has 7 aromatic carbocycles. The average molecular weight is 670 g/mol. The number of aliphatic imine (C=N–C) groups is 1. The molecule has 0 saturated heterocycles. The molecule has 1 aromatic heterocycles. The predicted molar refractivity (Wildman–Crippen MR) is 214 cm³/mol. The van der Waals surface area contributed by atoms with E-state index in [4.69, 9.17) is 9.41 Å². The van der Waals surface area contributed by atoms with Crippen LogP contribution in [0.3, 0.4) is 0 Å². The molecular weight excluding hydrogens is 635 g/mol. The molecule has 0 saturated carbocycles. The molecular formula is C48H35N3O. The maximum Gasteiger partial charge on any atom is 0.147 e. The molecule has 2 aliphatic rings. The molecule has 8 aromatic rings. The fourth-order valence-corrected chi connectivity index (χ4v) is 7.96. The Balaban J connectivity index is 1.06. The second-order valence-electron chi connectivity index (χ2n) is 13.6. The molecule has 2 atom stereocenters. The topological polar surface area (TPSA) is 40.8 Å². The standard InChI is InChI=1S/C48H35N3O/c1-51-42(30-41(32-14-4-2-5-15-32)50-48(51)35-16-6-3-7-17-35)33-24-26-34(27-25-33)46-47-45(39-19-10-11-22-43(39)52-47)44-38(20-12-21-40(44)49-46)37-28-23-31-13-8-9-18-36(31)29-37/h2-30,46,48-49H,1H3. The van der Waals surface area contributed by atoms with Gasteiger partial charge >= 0.3 is 0 Å². The van der Waals surface area contributed by atoms with Crippen LogP contribution in [-0.4, -0.2) is 17.7 Å². The number of para-hydroxylation sites is 1. The van der Waals surface area contributed by atoms with Gasteiger partial charge < -0.3 is 14.6 Å². The van der Waals surface area contributed by atoms with E-state index in [1.165, 1.54) is 27.5 Å². The van der Waals surface area contributed by atoms with Gasteiger partial charge in [0.15, 0.2) is 0 Å². The first kappa shape index (κ1) is 30.2. The Morgan fingerprint density at radius 3 is 2.12 bits per heavy atom. The van der Waals surface area contributed by atoms with E-state index in [1.807, 2.05) is 6.07 Å². The van der Waals surface area contributed by atoms with Crippen molar-refractivity contribution in [3.63, 3.8) is 0 Å². The van der Waals surface area contributed by atoms with E-state index in [2.05, 4.69) is 187 Å². The second kappa shape index (κ2) is 12.3. The molecule has 3 heterocycles. The summed E-state index contributed by atoms with van der Waals surface area (Å²) in [6.45, 7) is 0. The zero-order valence-electron chi connectivity index (χ0n) is 28.7. The average Bonchev–Trinajstić information content (AvgIpc) is 3.61. The summed E-state index contributed by atoms with van der Waals surface area (Å²) in [5, 5.41) is 7.50. The van der Waals surface area contributed by atoms with Crippen molar-refractivity contribution in [2.75, 3.05) is 12.4 Å². The summed E-state index contributed by atoms with van der Waals surface area (Å²) in [7, 11) is 2.14. The monoisotopic (exact) mass is 669 g/mol. The summed E-state index contributed by atoms with van der Waals surface area (Å²) < 4.78 is 6.77. The van der Waals surface area contributed by atoms with Crippen molar-refractivity contribution < 1.29 is 4.42 Å². The normalized spacial score (nSPS) is 16.5. The number of fused-ring (bicyclic) bond motifs is 6. The van der Waals surface area contributed by atoms with Gasteiger partial charge in [0.1, 0.15) is 23.6 Å². The van der Waals surface area contributed by atoms with E-state index in [0.29, 0.717) is 0 Å². The van der Waals surface area contributed by atoms with Crippen LogP contribution in [0.2, 0.25) is 0 Å². The van der Waals surface area contributed by atoms with Crippen molar-refractivity contribution in [2.24, 2.45) is 4.99 Å². The van der Waals surface area contributed by atoms with Crippen LogP contribution in [0, 0.1) is 0 Å². The van der Waals surface area contributed by atoms with Crippen molar-refractivity contribution in [2.45, 2.75) is 12.2 Å². The molecule has 0 radical (unpaired) electrons. The third kappa shape index (κ3) is 5.03. The lowest BCUT2D eigenvalue weighted by atomic mass is 9.85. The number of rotatable bonds is 5. The second-order valence-corrected chi connectivity index (χ2v) is 13.6. The van der Waals surface area contributed by atoms with Gasteiger partial charge in [-0.3, -0.25) is 4.99 Å². The summed E-state index contributed by atoms with van der Waals surface area (Å²) in [5.74, 6) is 0.936. The van der Waals surface area contributed by atoms with Gasteiger partial charge in [-0.1, -0.05) is 152 Å². The fourth-order valence-electron chi connectivity index (χ4n) is 7.96. The van der Waals surface area contributed by atoms with Crippen molar-refractivity contribution in [1.82, 2.24) is 4.90 Å². The van der Waals surface area contributed by atoms with Gasteiger partial charge in [-0.15, -0.1) is 0 Å². The number of allylic oxidation sites excluding steroid dienone is 1. The highest BCUT2D eigenvalue weighted by Gasteiger charge is 2.33. The Kier molecular flexibility index (Phi) is 7.14. The van der Waals surface area contributed by atoms with Crippen LogP contribution in [0.1, 0.15) is 40.2 Å². The van der Waals surface area contributed by atoms with Crippen molar-refractivity contribution in [1.29, 1.82) is 0 Å². The first-order valence-corrected chi connectivity index (χ1v) is 17.8. The van der Waals surface area contributed by atoms with Crippen LogP contribution >= 0.6 is 0 Å². The van der Waals surface area contributed by atoms with E-state index in [-0.39, 0.29) is 12.2 Å². The first-order valence-electron chi connectivity index (χ1n) is 17.8. The van der Waals surface area contributed by atoms with Crippen LogP contribution in [0.5, 0.6) is 0 Å². The fraction of sp³-hybridized carbons (Fsp3) is 0.0625. The Morgan fingerprint density at radius 1 is 0.577 bits per heavy atom. The third-order valence-electron chi connectivity index (χ3n) is 10.5. The molecule has 0 bridgehead atoms. The van der Waals surface area contributed by atoms with Gasteiger partial charge in [0.2, 0.25) is 0 Å². The predicted octanol–water partition coefficient (Wildman–Crippen LogP) is 11.9. The maximum atomic E-state index is 6.77. The van der Waals surface area contributed by atoms with Crippen LogP contribution in [-0.2, 0) is 0 Å². The van der Waals surface area contributed by atoms with E-state index in [9.17, 15) is 0 Å². The van der Waals surface area contributed by atoms with Crippen LogP contribution < -0.4 is 5.32 Å². The Hall–Kier alpha value is -6.65. The molecule has 0 spiro atoms. The molecule has 4 heteroatoms. The van der Waals surface area contributed by atoms with E-state index >= 15 is 0 Å². The zero-order valence-corrected chi connectivity index (χ0v) is 28.7. The number of furan rings is 1. The van der Waals surface area contributed by atoms with Gasteiger partial charge in [-0.05, 0) is 68.4 Å². The molecule has 2 unspecified atom stereocenters. The Labute approximate surface area is 303 Å². The number of benzene rings is 7. The maximum absolute atomic E-state index is 6.77. The number of nitrogens with zero attached hydrogens (tertiary/aromatic N) is 2. The molecule has 52 heavy (non-hydrogen) atoms. The Bertz CT molecular complexity index is 2670. The van der Waals surface area contributed by atoms with E-state index in [0.717, 1.165) is 61.6 Å². The SMILES string of the molecule is CN1C(c2ccc(C3Nc4cccc(-c5ccc6ccccc6c5)c4-c4c3oc3ccccc43)cc2)=CC(c2ccccc2)=NC1c1ccccc1. The van der Waals surface area contributed by atoms with Gasteiger partial charge in [0.25, 0.3) is 0 Å². The summed E-state index contributed by atoms with van der Waals surface area (Å²) in [5.41, 5.74) is 13.4. The van der Waals surface area contributed by atoms with Crippen LogP contribution in [0.25, 0.3) is 49.7 Å². The van der Waals surface area contributed by atoms with Gasteiger partial charge in [-0.2, -0.15) is 0 Å². The highest BCUT2D eigenvalue weighted by molar-refractivity contribution is 6.13. The number of nitrogens with one attached hydrogen (secondary N) is 1. The van der Waals surface area contributed by atoms with Crippen molar-refractivity contribution in [3.05, 3.63) is 204 Å². The summed E-state index contributed by atoms with van der Waals surface area (Å²) in [4.78, 5) is 7.50. The molecule has 0 aliphatic carbocycles. The minimum absolute atomic E-state index is 0.137. The number of hydrogen-bond donors (Lipinski definition) is 1. The lowest BCUT2D eigenvalue weighted by molar-refractivity contribution is 0.364. The van der Waals surface area contributed by atoms with E-state index < -0.39 is 0 Å². The number of hydrogen-bond acceptors (Lipinski definition) is 4.